The Morgan fingerprint density at radius 3 is 2.22 bits per heavy atom. The molecule has 3 aliphatic rings. The van der Waals surface area contributed by atoms with Gasteiger partial charge in [-0.1, -0.05) is 55.8 Å². The van der Waals surface area contributed by atoms with E-state index in [4.69, 9.17) is 34.2 Å². The van der Waals surface area contributed by atoms with Crippen molar-refractivity contribution in [3.63, 3.8) is 0 Å². The first-order valence-electron chi connectivity index (χ1n) is 20.7. The zero-order valence-corrected chi connectivity index (χ0v) is 35.5. The van der Waals surface area contributed by atoms with E-state index in [-0.39, 0.29) is 94.6 Å². The fourth-order valence-corrected chi connectivity index (χ4v) is 7.73. The number of hydrazine groups is 1. The number of amides is 3. The first-order valence-corrected chi connectivity index (χ1v) is 20.7. The summed E-state index contributed by atoms with van der Waals surface area (Å²) in [5.41, 5.74) is 12.3. The number of benzene rings is 1. The number of ketones is 2. The van der Waals surface area contributed by atoms with E-state index < -0.39 is 47.4 Å². The molecule has 330 valence electrons. The van der Waals surface area contributed by atoms with E-state index in [0.29, 0.717) is 19.4 Å². The molecular formula is C42H66N6O11. The summed E-state index contributed by atoms with van der Waals surface area (Å²) in [6.07, 6.45) is 3.59. The number of alkyl carbamates (subject to hydrolysis) is 1. The number of methoxy groups -OCH3 is 1. The number of nitrogens with two attached hydrogens (primary N) is 1. The second-order valence-corrected chi connectivity index (χ2v) is 16.2. The van der Waals surface area contributed by atoms with Crippen LogP contribution in [0.15, 0.2) is 42.0 Å². The summed E-state index contributed by atoms with van der Waals surface area (Å²) >= 11 is 0. The van der Waals surface area contributed by atoms with Crippen molar-refractivity contribution < 1.29 is 52.4 Å². The van der Waals surface area contributed by atoms with E-state index in [1.54, 1.807) is 31.4 Å². The predicted molar refractivity (Wildman–Crippen MR) is 218 cm³/mol. The van der Waals surface area contributed by atoms with E-state index in [9.17, 15) is 24.0 Å². The Balaban J connectivity index is 1.06. The topological polar surface area (TPSA) is 234 Å². The highest BCUT2D eigenvalue weighted by molar-refractivity contribution is 6.41. The van der Waals surface area contributed by atoms with Crippen LogP contribution in [0.5, 0.6) is 0 Å². The average Bonchev–Trinajstić information content (AvgIpc) is 4.13. The zero-order chi connectivity index (χ0) is 43.0. The van der Waals surface area contributed by atoms with Gasteiger partial charge >= 0.3 is 6.09 Å². The van der Waals surface area contributed by atoms with Gasteiger partial charge in [0.25, 0.3) is 0 Å². The predicted octanol–water partition coefficient (Wildman–Crippen LogP) is 1.27. The fraction of sp³-hybridized carbons (Fsp3) is 0.690. The van der Waals surface area contributed by atoms with Crippen LogP contribution in [-0.2, 0) is 54.0 Å². The normalized spacial score (nSPS) is 25.4. The van der Waals surface area contributed by atoms with Crippen LogP contribution in [0, 0.1) is 11.8 Å². The highest BCUT2D eigenvalue weighted by Gasteiger charge is 2.72. The third-order valence-electron chi connectivity index (χ3n) is 10.9. The molecule has 2 saturated heterocycles. The summed E-state index contributed by atoms with van der Waals surface area (Å²) in [7, 11) is 1.64. The van der Waals surface area contributed by atoms with Gasteiger partial charge in [0.05, 0.1) is 70.2 Å². The molecule has 0 bridgehead atoms. The summed E-state index contributed by atoms with van der Waals surface area (Å²) in [5.74, 6) is -2.37. The van der Waals surface area contributed by atoms with E-state index in [1.807, 2.05) is 19.9 Å². The second kappa shape index (κ2) is 23.3. The minimum absolute atomic E-state index is 0.0492. The summed E-state index contributed by atoms with van der Waals surface area (Å²) < 4.78 is 35.1. The molecule has 2 heterocycles. The number of rotatable bonds is 27. The van der Waals surface area contributed by atoms with Crippen LogP contribution in [0.4, 0.5) is 4.79 Å². The molecule has 7 N–H and O–H groups in total. The van der Waals surface area contributed by atoms with Crippen LogP contribution in [0.1, 0.15) is 65.9 Å². The van der Waals surface area contributed by atoms with E-state index in [0.717, 1.165) is 18.4 Å². The number of allylic oxidation sites excluding steroid dienone is 1. The van der Waals surface area contributed by atoms with Crippen LogP contribution in [0.3, 0.4) is 0 Å². The Bertz CT molecular complexity index is 1570. The quantitative estimate of drug-likeness (QED) is 0.0241. The summed E-state index contributed by atoms with van der Waals surface area (Å²) in [5, 5.41) is 8.03. The van der Waals surface area contributed by atoms with Gasteiger partial charge in [-0.2, -0.15) is 0 Å². The third kappa shape index (κ3) is 14.7. The van der Waals surface area contributed by atoms with Gasteiger partial charge < -0.3 is 50.1 Å². The van der Waals surface area contributed by atoms with Gasteiger partial charge in [-0.15, -0.1) is 0 Å². The van der Waals surface area contributed by atoms with E-state index in [1.165, 1.54) is 5.57 Å². The number of nitrogens with one attached hydrogen (secondary N) is 5. The number of ether oxygens (including phenoxy) is 6. The van der Waals surface area contributed by atoms with Gasteiger partial charge in [-0.05, 0) is 57.9 Å². The minimum atomic E-state index is -1.08. The number of carbonyl (C=O) groups excluding carboxylic acids is 5. The Morgan fingerprint density at radius 2 is 1.61 bits per heavy atom. The van der Waals surface area contributed by atoms with Gasteiger partial charge in [0.15, 0.2) is 0 Å². The monoisotopic (exact) mass is 830 g/mol. The molecule has 1 aromatic carbocycles. The fourth-order valence-electron chi connectivity index (χ4n) is 7.73. The number of Topliss-reactive ketones (excluding diaryl/α,β-unsaturated/α-hetero) is 2. The smallest absolute Gasteiger partial charge is 0.407 e. The lowest BCUT2D eigenvalue weighted by Crippen LogP contribution is -2.56. The first kappa shape index (κ1) is 47.9. The van der Waals surface area contributed by atoms with Gasteiger partial charge in [0.1, 0.15) is 23.4 Å². The first-order chi connectivity index (χ1) is 28.2. The summed E-state index contributed by atoms with van der Waals surface area (Å²) in [6, 6.07) is 7.04. The Morgan fingerprint density at radius 1 is 0.949 bits per heavy atom. The van der Waals surface area contributed by atoms with Crippen LogP contribution in [0.25, 0.3) is 0 Å². The van der Waals surface area contributed by atoms with E-state index in [2.05, 4.69) is 53.6 Å². The Kier molecular flexibility index (Phi) is 18.9. The van der Waals surface area contributed by atoms with Gasteiger partial charge in [-0.25, -0.2) is 15.6 Å². The lowest BCUT2D eigenvalue weighted by molar-refractivity contribution is -0.140. The molecule has 1 aromatic rings. The van der Waals surface area contributed by atoms with Gasteiger partial charge in [-0.3, -0.25) is 19.2 Å². The number of hydrogen-bond donors (Lipinski definition) is 6. The molecule has 0 radical (unpaired) electrons. The maximum atomic E-state index is 13.3. The average molecular weight is 831 g/mol. The molecule has 17 heteroatoms. The molecule has 8 atom stereocenters. The summed E-state index contributed by atoms with van der Waals surface area (Å²) in [4.78, 5) is 63.9. The molecule has 4 rings (SSSR count). The molecule has 1 saturated carbocycles. The third-order valence-corrected chi connectivity index (χ3v) is 10.9. The molecule has 1 spiro atoms. The molecule has 3 amide bonds. The van der Waals surface area contributed by atoms with Crippen molar-refractivity contribution in [1.82, 2.24) is 26.8 Å². The molecule has 59 heavy (non-hydrogen) atoms. The molecule has 4 unspecified atom stereocenters. The van der Waals surface area contributed by atoms with Crippen molar-refractivity contribution in [3.8, 4) is 0 Å². The molecule has 0 aromatic heterocycles. The Labute approximate surface area is 347 Å². The highest BCUT2D eigenvalue weighted by atomic mass is 16.6. The van der Waals surface area contributed by atoms with Crippen LogP contribution in [0.2, 0.25) is 0 Å². The van der Waals surface area contributed by atoms with Gasteiger partial charge in [0, 0.05) is 26.6 Å². The number of carbonyl (C=O) groups is 5. The summed E-state index contributed by atoms with van der Waals surface area (Å²) in [6.45, 7) is 11.8. The van der Waals surface area contributed by atoms with Crippen molar-refractivity contribution in [3.05, 3.63) is 47.5 Å². The zero-order valence-electron chi connectivity index (χ0n) is 35.5. The minimum Gasteiger partial charge on any atom is -0.443 e. The second-order valence-electron chi connectivity index (χ2n) is 16.2. The number of hydrogen-bond acceptors (Lipinski definition) is 14. The van der Waals surface area contributed by atoms with Crippen molar-refractivity contribution in [1.29, 1.82) is 0 Å². The molecular weight excluding hydrogens is 764 g/mol. The van der Waals surface area contributed by atoms with Crippen molar-refractivity contribution >= 4 is 29.5 Å². The Hall–Kier alpha value is -3.81. The molecule has 3 fully saturated rings. The molecule has 17 nitrogen and oxygen atoms in total. The van der Waals surface area contributed by atoms with Crippen LogP contribution in [-0.4, -0.2) is 137 Å². The molecule has 1 aliphatic carbocycles. The lowest BCUT2D eigenvalue weighted by atomic mass is 9.68. The van der Waals surface area contributed by atoms with Crippen molar-refractivity contribution in [2.45, 2.75) is 108 Å². The standard InChI is InChI=1S/C42H66N6O11/c1-27(2)12-13-33-41(5,59-33)39-38(54-6)32(14-15-42(39)26-57-42)58-40(53)45-17-19-56-21-20-55-18-16-44-35(50)25-46-48-31(22-28(3)4)37(52)36(51)30(47-34(49)24-43)23-29-10-8-7-9-11-29/h7-12,28,30-33,38-39,46,48H,13-26,43H2,1-6H3,(H,44,50)(H,45,53)(H,47,49)/t30-,31-,32?,33+,38?,39?,41?,42-/m0/s1. The lowest BCUT2D eigenvalue weighted by Gasteiger charge is -2.42. The molecule has 2 aliphatic heterocycles. The van der Waals surface area contributed by atoms with E-state index >= 15 is 0 Å². The largest absolute Gasteiger partial charge is 0.443 e. The van der Waals surface area contributed by atoms with Crippen LogP contribution < -0.4 is 32.5 Å². The maximum absolute atomic E-state index is 13.3. The van der Waals surface area contributed by atoms with Crippen LogP contribution >= 0.6 is 0 Å². The SMILES string of the molecule is COC1C(OC(=O)NCCOCCOCCNC(=O)CNN[C@@H](CC(C)C)C(=O)C(=O)[C@H](Cc2ccccc2)NC(=O)CN)CC[C@]2(CO2)C1C1(C)O[C@@H]1CC=C(C)C. The van der Waals surface area contributed by atoms with Crippen molar-refractivity contribution in [2.75, 3.05) is 66.3 Å². The van der Waals surface area contributed by atoms with Gasteiger partial charge in [0.2, 0.25) is 23.4 Å². The number of epoxide rings is 2. The maximum Gasteiger partial charge on any atom is 0.407 e. The van der Waals surface area contributed by atoms with Crippen molar-refractivity contribution in [2.24, 2.45) is 17.6 Å². The highest BCUT2D eigenvalue weighted by Crippen LogP contribution is 2.59.